The van der Waals surface area contributed by atoms with E-state index in [-0.39, 0.29) is 5.91 Å². The molecule has 0 aliphatic carbocycles. The van der Waals surface area contributed by atoms with Crippen LogP contribution in [0.1, 0.15) is 27.2 Å². The van der Waals surface area contributed by atoms with Crippen molar-refractivity contribution in [3.05, 3.63) is 101 Å². The zero-order chi connectivity index (χ0) is 21.4. The fourth-order valence-corrected chi connectivity index (χ4v) is 4.83. The van der Waals surface area contributed by atoms with Gasteiger partial charge >= 0.3 is 0 Å². The van der Waals surface area contributed by atoms with Crippen molar-refractivity contribution >= 4 is 43.4 Å². The Balaban J connectivity index is 1.62. The van der Waals surface area contributed by atoms with Gasteiger partial charge in [-0.2, -0.15) is 0 Å². The molecule has 0 N–H and O–H groups in total. The number of aromatic nitrogens is 2. The molecule has 0 unspecified atom stereocenters. The number of benzene rings is 3. The van der Waals surface area contributed by atoms with Crippen LogP contribution in [0.2, 0.25) is 0 Å². The summed E-state index contributed by atoms with van der Waals surface area (Å²) in [6.45, 7) is 4.50. The van der Waals surface area contributed by atoms with Gasteiger partial charge in [-0.05, 0) is 60.0 Å². The van der Waals surface area contributed by atoms with Crippen molar-refractivity contribution in [1.29, 1.82) is 0 Å². The Kier molecular flexibility index (Phi) is 4.96. The molecule has 5 rings (SSSR count). The molecule has 2 aromatic heterocycles. The Morgan fingerprint density at radius 1 is 0.903 bits per heavy atom. The number of anilines is 1. The van der Waals surface area contributed by atoms with Crippen LogP contribution in [0.25, 0.3) is 21.0 Å². The van der Waals surface area contributed by atoms with E-state index in [2.05, 4.69) is 31.0 Å². The molecule has 0 saturated heterocycles. The topological polar surface area (TPSA) is 46.1 Å². The molecule has 0 aliphatic heterocycles. The number of pyridine rings is 1. The number of rotatable bonds is 4. The van der Waals surface area contributed by atoms with E-state index >= 15 is 0 Å². The Morgan fingerprint density at radius 2 is 1.68 bits per heavy atom. The number of carbonyl (C=O) groups excluding carboxylic acids is 1. The number of thiazole rings is 1. The fraction of sp³-hybridized carbons (Fsp3) is 0.115. The van der Waals surface area contributed by atoms with Crippen LogP contribution in [0.15, 0.2) is 79.0 Å². The lowest BCUT2D eigenvalue weighted by atomic mass is 10.1. The monoisotopic (exact) mass is 423 g/mol. The molecule has 0 fully saturated rings. The second-order valence-corrected chi connectivity index (χ2v) is 8.63. The third-order valence-electron chi connectivity index (χ3n) is 5.45. The Bertz CT molecular complexity index is 1370. The first-order valence-corrected chi connectivity index (χ1v) is 11.0. The van der Waals surface area contributed by atoms with Crippen LogP contribution in [0.4, 0.5) is 5.13 Å². The maximum Gasteiger partial charge on any atom is 0.260 e. The van der Waals surface area contributed by atoms with Crippen molar-refractivity contribution in [2.24, 2.45) is 0 Å². The maximum atomic E-state index is 13.7. The minimum absolute atomic E-state index is 0.0780. The average Bonchev–Trinajstić information content (AvgIpc) is 3.26. The molecule has 0 saturated carbocycles. The summed E-state index contributed by atoms with van der Waals surface area (Å²) in [4.78, 5) is 24.8. The number of aryl methyl sites for hydroxylation is 2. The SMILES string of the molecule is Cc1ccc(C)c2sc(N(Cc3ccccn3)C(=O)c3ccc4ccccc4c3)nc12. The minimum atomic E-state index is -0.0780. The molecule has 152 valence electrons. The van der Waals surface area contributed by atoms with Gasteiger partial charge in [0.1, 0.15) is 0 Å². The largest absolute Gasteiger partial charge is 0.278 e. The summed E-state index contributed by atoms with van der Waals surface area (Å²) in [5.41, 5.74) is 4.70. The number of hydrogen-bond acceptors (Lipinski definition) is 4. The molecule has 0 atom stereocenters. The average molecular weight is 424 g/mol. The van der Waals surface area contributed by atoms with Crippen molar-refractivity contribution in [2.75, 3.05) is 4.90 Å². The van der Waals surface area contributed by atoms with Crippen LogP contribution in [-0.2, 0) is 6.54 Å². The van der Waals surface area contributed by atoms with E-state index in [1.807, 2.05) is 60.7 Å². The molecule has 3 aromatic carbocycles. The predicted octanol–water partition coefficient (Wildman–Crippen LogP) is 6.31. The minimum Gasteiger partial charge on any atom is -0.278 e. The molecule has 0 aliphatic rings. The van der Waals surface area contributed by atoms with Gasteiger partial charge in [0.25, 0.3) is 5.91 Å². The number of amides is 1. The molecule has 1 amide bonds. The zero-order valence-corrected chi connectivity index (χ0v) is 18.2. The molecular weight excluding hydrogens is 402 g/mol. The highest BCUT2D eigenvalue weighted by molar-refractivity contribution is 7.22. The van der Waals surface area contributed by atoms with E-state index in [9.17, 15) is 4.79 Å². The predicted molar refractivity (Wildman–Crippen MR) is 128 cm³/mol. The zero-order valence-electron chi connectivity index (χ0n) is 17.4. The van der Waals surface area contributed by atoms with Gasteiger partial charge < -0.3 is 0 Å². The number of carbonyl (C=O) groups is 1. The van der Waals surface area contributed by atoms with Crippen LogP contribution in [0.5, 0.6) is 0 Å². The molecule has 0 bridgehead atoms. The summed E-state index contributed by atoms with van der Waals surface area (Å²) in [7, 11) is 0. The first-order valence-electron chi connectivity index (χ1n) is 10.2. The first kappa shape index (κ1) is 19.4. The normalized spacial score (nSPS) is 11.2. The molecule has 2 heterocycles. The van der Waals surface area contributed by atoms with Crippen molar-refractivity contribution in [1.82, 2.24) is 9.97 Å². The summed E-state index contributed by atoms with van der Waals surface area (Å²) in [6.07, 6.45) is 1.75. The van der Waals surface area contributed by atoms with Gasteiger partial charge in [0, 0.05) is 11.8 Å². The summed E-state index contributed by atoms with van der Waals surface area (Å²) >= 11 is 1.56. The fourth-order valence-electron chi connectivity index (χ4n) is 3.72. The van der Waals surface area contributed by atoms with E-state index in [1.54, 1.807) is 22.4 Å². The van der Waals surface area contributed by atoms with Crippen LogP contribution in [0, 0.1) is 13.8 Å². The Labute approximate surface area is 184 Å². The van der Waals surface area contributed by atoms with Gasteiger partial charge in [-0.25, -0.2) is 4.98 Å². The highest BCUT2D eigenvalue weighted by atomic mass is 32.1. The lowest BCUT2D eigenvalue weighted by Crippen LogP contribution is -2.30. The lowest BCUT2D eigenvalue weighted by molar-refractivity contribution is 0.0985. The van der Waals surface area contributed by atoms with E-state index in [0.29, 0.717) is 17.2 Å². The lowest BCUT2D eigenvalue weighted by Gasteiger charge is -2.20. The summed E-state index contributed by atoms with van der Waals surface area (Å²) in [5, 5.41) is 2.85. The molecule has 4 nitrogen and oxygen atoms in total. The second-order valence-electron chi connectivity index (χ2n) is 7.65. The van der Waals surface area contributed by atoms with Crippen molar-refractivity contribution in [2.45, 2.75) is 20.4 Å². The Hall–Kier alpha value is -3.57. The third kappa shape index (κ3) is 3.68. The second kappa shape index (κ2) is 7.93. The molecular formula is C26H21N3OS. The Morgan fingerprint density at radius 3 is 2.45 bits per heavy atom. The first-order chi connectivity index (χ1) is 15.1. The van der Waals surface area contributed by atoms with Gasteiger partial charge in [0.15, 0.2) is 5.13 Å². The standard InChI is InChI=1S/C26H21N3OS/c1-17-10-11-18(2)24-23(17)28-26(31-24)29(16-22-9-5-6-14-27-22)25(30)21-13-12-19-7-3-4-8-20(19)15-21/h3-15H,16H2,1-2H3. The number of nitrogens with zero attached hydrogens (tertiary/aromatic N) is 3. The summed E-state index contributed by atoms with van der Waals surface area (Å²) in [5.74, 6) is -0.0780. The van der Waals surface area contributed by atoms with Gasteiger partial charge in [-0.3, -0.25) is 14.7 Å². The summed E-state index contributed by atoms with van der Waals surface area (Å²) < 4.78 is 1.12. The van der Waals surface area contributed by atoms with Gasteiger partial charge in [-0.15, -0.1) is 0 Å². The van der Waals surface area contributed by atoms with Crippen molar-refractivity contribution < 1.29 is 4.79 Å². The molecule has 31 heavy (non-hydrogen) atoms. The quantitative estimate of drug-likeness (QED) is 0.340. The van der Waals surface area contributed by atoms with Crippen LogP contribution >= 0.6 is 11.3 Å². The molecule has 5 aromatic rings. The smallest absolute Gasteiger partial charge is 0.260 e. The highest BCUT2D eigenvalue weighted by Gasteiger charge is 2.23. The van der Waals surface area contributed by atoms with Gasteiger partial charge in [0.05, 0.1) is 22.5 Å². The van der Waals surface area contributed by atoms with E-state index in [1.165, 1.54) is 5.56 Å². The third-order valence-corrected chi connectivity index (χ3v) is 6.66. The van der Waals surface area contributed by atoms with Gasteiger partial charge in [-0.1, -0.05) is 59.9 Å². The van der Waals surface area contributed by atoms with E-state index in [0.717, 1.165) is 32.2 Å². The molecule has 5 heteroatoms. The van der Waals surface area contributed by atoms with Crippen molar-refractivity contribution in [3.63, 3.8) is 0 Å². The maximum absolute atomic E-state index is 13.7. The highest BCUT2D eigenvalue weighted by Crippen LogP contribution is 2.34. The van der Waals surface area contributed by atoms with Crippen LogP contribution < -0.4 is 4.90 Å². The van der Waals surface area contributed by atoms with Crippen molar-refractivity contribution in [3.8, 4) is 0 Å². The summed E-state index contributed by atoms with van der Waals surface area (Å²) in [6, 6.07) is 23.8. The van der Waals surface area contributed by atoms with E-state index < -0.39 is 0 Å². The molecule has 0 spiro atoms. The van der Waals surface area contributed by atoms with Crippen LogP contribution in [0.3, 0.4) is 0 Å². The molecule has 0 radical (unpaired) electrons. The van der Waals surface area contributed by atoms with E-state index in [4.69, 9.17) is 4.98 Å². The van der Waals surface area contributed by atoms with Gasteiger partial charge in [0.2, 0.25) is 0 Å². The number of fused-ring (bicyclic) bond motifs is 2. The number of hydrogen-bond donors (Lipinski definition) is 0. The van der Waals surface area contributed by atoms with Crippen LogP contribution in [-0.4, -0.2) is 15.9 Å².